The van der Waals surface area contributed by atoms with Crippen LogP contribution in [0.15, 0.2) is 106 Å². The molecule has 0 aliphatic heterocycles. The zero-order valence-corrected chi connectivity index (χ0v) is 13.9. The van der Waals surface area contributed by atoms with E-state index < -0.39 is 0 Å². The van der Waals surface area contributed by atoms with Crippen LogP contribution in [0.3, 0.4) is 0 Å². The normalized spacial score (nSPS) is 11.3. The lowest BCUT2D eigenvalue weighted by atomic mass is 10.2. The fraction of sp³-hybridized carbons (Fsp3) is 0. The second-order valence-corrected chi connectivity index (χ2v) is 5.27. The molecule has 0 aliphatic rings. The van der Waals surface area contributed by atoms with E-state index >= 15 is 0 Å². The molecule has 6 heteroatoms. The van der Waals surface area contributed by atoms with Crippen molar-refractivity contribution in [2.24, 2.45) is 15.3 Å². The molecule has 0 fully saturated rings. The lowest BCUT2D eigenvalue weighted by Gasteiger charge is -2.05. The predicted octanol–water partition coefficient (Wildman–Crippen LogP) is 4.58. The second kappa shape index (κ2) is 8.89. The Kier molecular flexibility index (Phi) is 5.82. The van der Waals surface area contributed by atoms with Crippen LogP contribution in [-0.4, -0.2) is 11.9 Å². The minimum absolute atomic E-state index is 0.0616. The Labute approximate surface area is 151 Å². The molecular formula is C20H17N5O. The number of carbonyl (C=O) groups excluding carboxylic acids is 1. The third-order valence-electron chi connectivity index (χ3n) is 3.34. The van der Waals surface area contributed by atoms with Crippen LogP contribution in [0.1, 0.15) is 10.4 Å². The first-order valence-corrected chi connectivity index (χ1v) is 8.03. The number of benzene rings is 3. The van der Waals surface area contributed by atoms with Gasteiger partial charge in [0.05, 0.1) is 11.4 Å². The van der Waals surface area contributed by atoms with Gasteiger partial charge in [0.2, 0.25) is 0 Å². The number of hydrogen-bond donors (Lipinski definition) is 2. The number of amides is 1. The van der Waals surface area contributed by atoms with Crippen LogP contribution >= 0.6 is 0 Å². The summed E-state index contributed by atoms with van der Waals surface area (Å²) >= 11 is 0. The minimum atomic E-state index is -0.314. The predicted molar refractivity (Wildman–Crippen MR) is 102 cm³/mol. The smallest absolute Gasteiger partial charge is 0.266 e. The van der Waals surface area contributed by atoms with Crippen LogP contribution in [0.2, 0.25) is 0 Å². The molecule has 0 aromatic heterocycles. The van der Waals surface area contributed by atoms with Gasteiger partial charge in [-0.05, 0) is 36.4 Å². The van der Waals surface area contributed by atoms with Crippen LogP contribution in [0.25, 0.3) is 0 Å². The van der Waals surface area contributed by atoms with E-state index in [0.717, 1.165) is 5.69 Å². The van der Waals surface area contributed by atoms with Gasteiger partial charge in [-0.25, -0.2) is 0 Å². The Morgan fingerprint density at radius 1 is 0.731 bits per heavy atom. The summed E-state index contributed by atoms with van der Waals surface area (Å²) in [7, 11) is 0. The fourth-order valence-electron chi connectivity index (χ4n) is 2.07. The van der Waals surface area contributed by atoms with Crippen molar-refractivity contribution >= 4 is 23.2 Å². The minimum Gasteiger partial charge on any atom is -0.288 e. The molecular weight excluding hydrogens is 326 g/mol. The van der Waals surface area contributed by atoms with Gasteiger partial charge < -0.3 is 0 Å². The third-order valence-corrected chi connectivity index (χ3v) is 3.34. The van der Waals surface area contributed by atoms with E-state index in [2.05, 4.69) is 26.1 Å². The number of nitrogens with one attached hydrogen (secondary N) is 2. The maximum Gasteiger partial charge on any atom is 0.266 e. The van der Waals surface area contributed by atoms with Gasteiger partial charge >= 0.3 is 0 Å². The number of rotatable bonds is 4. The largest absolute Gasteiger partial charge is 0.288 e. The summed E-state index contributed by atoms with van der Waals surface area (Å²) in [4.78, 5) is 12.4. The summed E-state index contributed by atoms with van der Waals surface area (Å²) < 4.78 is 0. The number of guanidine groups is 1. The van der Waals surface area contributed by atoms with Gasteiger partial charge in [0.15, 0.2) is 0 Å². The van der Waals surface area contributed by atoms with E-state index in [4.69, 9.17) is 0 Å². The summed E-state index contributed by atoms with van der Waals surface area (Å²) in [5, 5.41) is 15.0. The van der Waals surface area contributed by atoms with Gasteiger partial charge in [-0.3, -0.25) is 15.5 Å². The lowest BCUT2D eigenvalue weighted by Crippen LogP contribution is -2.29. The number of para-hydroxylation sites is 1. The molecule has 0 heterocycles. The number of carbonyl (C=O) groups is 1. The number of hydrazone groups is 1. The van der Waals surface area contributed by atoms with Crippen molar-refractivity contribution in [3.05, 3.63) is 96.6 Å². The van der Waals surface area contributed by atoms with Crippen LogP contribution in [0.5, 0.6) is 0 Å². The van der Waals surface area contributed by atoms with Crippen molar-refractivity contribution in [3.8, 4) is 0 Å². The number of nitrogens with zero attached hydrogens (tertiary/aromatic N) is 3. The van der Waals surface area contributed by atoms with Crippen LogP contribution in [0, 0.1) is 0 Å². The van der Waals surface area contributed by atoms with Gasteiger partial charge in [-0.1, -0.05) is 54.6 Å². The molecule has 0 saturated heterocycles. The number of anilines is 1. The highest BCUT2D eigenvalue weighted by Gasteiger charge is 2.08. The molecule has 0 spiro atoms. The Morgan fingerprint density at radius 3 is 1.96 bits per heavy atom. The van der Waals surface area contributed by atoms with Crippen molar-refractivity contribution in [2.75, 3.05) is 5.43 Å². The highest BCUT2D eigenvalue weighted by atomic mass is 16.1. The molecule has 2 N–H and O–H groups in total. The average molecular weight is 343 g/mol. The van der Waals surface area contributed by atoms with Gasteiger partial charge in [0.25, 0.3) is 11.9 Å². The fourth-order valence-corrected chi connectivity index (χ4v) is 2.07. The summed E-state index contributed by atoms with van der Waals surface area (Å²) in [6.07, 6.45) is 0. The molecule has 0 radical (unpaired) electrons. The maximum atomic E-state index is 12.4. The van der Waals surface area contributed by atoms with E-state index in [1.54, 1.807) is 24.3 Å². The van der Waals surface area contributed by atoms with Crippen molar-refractivity contribution in [1.82, 2.24) is 5.32 Å². The van der Waals surface area contributed by atoms with Crippen LogP contribution in [0.4, 0.5) is 11.4 Å². The van der Waals surface area contributed by atoms with Gasteiger partial charge in [0, 0.05) is 5.56 Å². The first-order chi connectivity index (χ1) is 12.8. The first-order valence-electron chi connectivity index (χ1n) is 8.03. The van der Waals surface area contributed by atoms with Gasteiger partial charge in [0.1, 0.15) is 0 Å². The summed E-state index contributed by atoms with van der Waals surface area (Å²) in [6.45, 7) is 0. The number of hydrogen-bond acceptors (Lipinski definition) is 4. The maximum absolute atomic E-state index is 12.4. The molecule has 0 bridgehead atoms. The van der Waals surface area contributed by atoms with Gasteiger partial charge in [-0.15, -0.1) is 15.3 Å². The van der Waals surface area contributed by atoms with E-state index in [9.17, 15) is 4.79 Å². The van der Waals surface area contributed by atoms with E-state index in [1.165, 1.54) is 0 Å². The standard InChI is InChI=1S/C20H17N5O/c26-19(16-10-4-1-5-11-16)21-20(24-22-17-12-6-2-7-13-17)25-23-18-14-8-3-9-15-18/h1-15,22H,(H,21,24,26). The first kappa shape index (κ1) is 17.0. The van der Waals surface area contributed by atoms with E-state index in [0.29, 0.717) is 11.3 Å². The van der Waals surface area contributed by atoms with Gasteiger partial charge in [-0.2, -0.15) is 0 Å². The quantitative estimate of drug-likeness (QED) is 0.315. The molecule has 128 valence electrons. The Balaban J connectivity index is 1.78. The molecule has 3 aromatic rings. The molecule has 0 atom stereocenters. The van der Waals surface area contributed by atoms with E-state index in [1.807, 2.05) is 66.7 Å². The topological polar surface area (TPSA) is 78.2 Å². The van der Waals surface area contributed by atoms with Crippen molar-refractivity contribution in [2.45, 2.75) is 0 Å². The molecule has 0 aliphatic carbocycles. The van der Waals surface area contributed by atoms with Crippen molar-refractivity contribution in [1.29, 1.82) is 0 Å². The zero-order chi connectivity index (χ0) is 18.0. The van der Waals surface area contributed by atoms with Crippen molar-refractivity contribution in [3.63, 3.8) is 0 Å². The Morgan fingerprint density at radius 2 is 1.31 bits per heavy atom. The molecule has 3 rings (SSSR count). The second-order valence-electron chi connectivity index (χ2n) is 5.27. The average Bonchev–Trinajstić information content (AvgIpc) is 2.72. The Bertz CT molecular complexity index is 893. The van der Waals surface area contributed by atoms with Crippen LogP contribution in [-0.2, 0) is 0 Å². The monoisotopic (exact) mass is 343 g/mol. The highest BCUT2D eigenvalue weighted by molar-refractivity contribution is 6.06. The third kappa shape index (κ3) is 5.10. The SMILES string of the molecule is O=C(NC(N=Nc1ccccc1)=NNc1ccccc1)c1ccccc1. The highest BCUT2D eigenvalue weighted by Crippen LogP contribution is 2.10. The summed E-state index contributed by atoms with van der Waals surface area (Å²) in [5.41, 5.74) is 4.80. The lowest BCUT2D eigenvalue weighted by molar-refractivity contribution is 0.0976. The van der Waals surface area contributed by atoms with Crippen LogP contribution < -0.4 is 10.7 Å². The van der Waals surface area contributed by atoms with Crippen molar-refractivity contribution < 1.29 is 4.79 Å². The molecule has 6 nitrogen and oxygen atoms in total. The summed E-state index contributed by atoms with van der Waals surface area (Å²) in [5.74, 6) is -0.252. The molecule has 0 unspecified atom stereocenters. The molecule has 1 amide bonds. The molecule has 26 heavy (non-hydrogen) atoms. The zero-order valence-electron chi connectivity index (χ0n) is 13.9. The Hall–Kier alpha value is -3.80. The number of azo groups is 1. The van der Waals surface area contributed by atoms with E-state index in [-0.39, 0.29) is 11.9 Å². The molecule has 3 aromatic carbocycles. The summed E-state index contributed by atoms with van der Waals surface area (Å²) in [6, 6.07) is 27.5. The molecule has 0 saturated carbocycles.